The normalized spacial score (nSPS) is 19.4. The van der Waals surface area contributed by atoms with Crippen molar-refractivity contribution in [2.24, 2.45) is 0 Å². The first-order chi connectivity index (χ1) is 8.10. The predicted molar refractivity (Wildman–Crippen MR) is 79.6 cm³/mol. The Morgan fingerprint density at radius 2 is 1.24 bits per heavy atom. The molecular weight excluding hydrogens is 220 g/mol. The fourth-order valence-corrected chi connectivity index (χ4v) is 10.2. The van der Waals surface area contributed by atoms with Gasteiger partial charge in [0.15, 0.2) is 0 Å². The van der Waals surface area contributed by atoms with Crippen LogP contribution in [-0.2, 0) is 0 Å². The molecule has 0 nitrogen and oxygen atoms in total. The van der Waals surface area contributed by atoms with Crippen molar-refractivity contribution >= 4 is 8.07 Å². The van der Waals surface area contributed by atoms with Gasteiger partial charge in [0.05, 0.1) is 0 Å². The van der Waals surface area contributed by atoms with E-state index in [4.69, 9.17) is 0 Å². The van der Waals surface area contributed by atoms with Crippen molar-refractivity contribution in [1.29, 1.82) is 0 Å². The van der Waals surface area contributed by atoms with Gasteiger partial charge in [-0.2, -0.15) is 0 Å². The molecule has 0 fully saturated rings. The Hall–Kier alpha value is -0.823. The van der Waals surface area contributed by atoms with Gasteiger partial charge < -0.3 is 0 Å². The number of hydrogen-bond acceptors (Lipinski definition) is 0. The molecule has 0 saturated carbocycles. The second-order valence-electron chi connectivity index (χ2n) is 5.83. The molecule has 0 aliphatic heterocycles. The highest BCUT2D eigenvalue weighted by molar-refractivity contribution is 6.95. The molecule has 0 bridgehead atoms. The lowest BCUT2D eigenvalue weighted by Gasteiger charge is -2.42. The topological polar surface area (TPSA) is 0 Å². The Labute approximate surface area is 107 Å². The first kappa shape index (κ1) is 12.6. The zero-order valence-corrected chi connectivity index (χ0v) is 12.5. The summed E-state index contributed by atoms with van der Waals surface area (Å²) in [6, 6.07) is 0. The Morgan fingerprint density at radius 3 is 1.47 bits per heavy atom. The van der Waals surface area contributed by atoms with Crippen LogP contribution in [0.15, 0.2) is 46.8 Å². The van der Waals surface area contributed by atoms with E-state index in [1.165, 1.54) is 12.8 Å². The van der Waals surface area contributed by atoms with Gasteiger partial charge in [-0.3, -0.25) is 0 Å². The van der Waals surface area contributed by atoms with E-state index < -0.39 is 8.07 Å². The van der Waals surface area contributed by atoms with Crippen LogP contribution in [0.25, 0.3) is 0 Å². The monoisotopic (exact) mass is 244 g/mol. The molecule has 0 radical (unpaired) electrons. The molecule has 0 spiro atoms. The lowest BCUT2D eigenvalue weighted by Crippen LogP contribution is -2.45. The minimum Gasteiger partial charge on any atom is -0.0809 e. The Balaban J connectivity index is 2.46. The van der Waals surface area contributed by atoms with E-state index in [1.54, 1.807) is 10.4 Å². The van der Waals surface area contributed by atoms with Crippen LogP contribution in [-0.4, -0.2) is 8.07 Å². The van der Waals surface area contributed by atoms with Crippen molar-refractivity contribution in [3.05, 3.63) is 46.8 Å². The summed E-state index contributed by atoms with van der Waals surface area (Å²) in [4.78, 5) is 0. The zero-order chi connectivity index (χ0) is 12.5. The molecule has 0 unspecified atom stereocenters. The second kappa shape index (κ2) is 4.81. The molecule has 0 amide bonds. The van der Waals surface area contributed by atoms with Crippen LogP contribution in [0.5, 0.6) is 0 Å². The van der Waals surface area contributed by atoms with Gasteiger partial charge in [-0.15, -0.1) is 0 Å². The average Bonchev–Trinajstić information content (AvgIpc) is 2.88. The quantitative estimate of drug-likeness (QED) is 0.603. The van der Waals surface area contributed by atoms with Crippen molar-refractivity contribution in [2.75, 3.05) is 0 Å². The molecule has 0 N–H and O–H groups in total. The van der Waals surface area contributed by atoms with E-state index in [2.05, 4.69) is 64.2 Å². The summed E-state index contributed by atoms with van der Waals surface area (Å²) in [5.41, 5.74) is 1.58. The van der Waals surface area contributed by atoms with Crippen LogP contribution in [0.2, 0.25) is 11.1 Å². The van der Waals surface area contributed by atoms with Gasteiger partial charge in [-0.05, 0) is 23.9 Å². The minimum atomic E-state index is -1.49. The Morgan fingerprint density at radius 1 is 0.824 bits per heavy atom. The van der Waals surface area contributed by atoms with Crippen molar-refractivity contribution in [3.63, 3.8) is 0 Å². The van der Waals surface area contributed by atoms with Gasteiger partial charge in [-0.25, -0.2) is 0 Å². The summed E-state index contributed by atoms with van der Waals surface area (Å²) in [5, 5.41) is 3.50. The largest absolute Gasteiger partial charge is 0.114 e. The molecule has 2 aliphatic rings. The van der Waals surface area contributed by atoms with Gasteiger partial charge in [0.2, 0.25) is 0 Å². The van der Waals surface area contributed by atoms with E-state index in [-0.39, 0.29) is 0 Å². The van der Waals surface area contributed by atoms with Crippen LogP contribution in [0.4, 0.5) is 0 Å². The summed E-state index contributed by atoms with van der Waals surface area (Å²) in [7, 11) is -1.49. The Bertz CT molecular complexity index is 365. The predicted octanol–water partition coefficient (Wildman–Crippen LogP) is 5.11. The molecule has 0 aromatic rings. The summed E-state index contributed by atoms with van der Waals surface area (Å²) in [6.07, 6.45) is 16.4. The molecular formula is C16H24Si. The summed E-state index contributed by atoms with van der Waals surface area (Å²) in [5.74, 6) is 0. The van der Waals surface area contributed by atoms with Crippen molar-refractivity contribution in [3.8, 4) is 0 Å². The van der Waals surface area contributed by atoms with Crippen LogP contribution in [0.1, 0.15) is 40.5 Å². The van der Waals surface area contributed by atoms with E-state index >= 15 is 0 Å². The summed E-state index contributed by atoms with van der Waals surface area (Å²) < 4.78 is 0. The molecule has 0 saturated heterocycles. The molecule has 1 heteroatoms. The molecule has 2 aliphatic carbocycles. The maximum Gasteiger partial charge on any atom is 0.114 e. The third-order valence-corrected chi connectivity index (χ3v) is 10.9. The maximum absolute atomic E-state index is 2.44. The molecule has 0 heterocycles. The van der Waals surface area contributed by atoms with Crippen LogP contribution < -0.4 is 0 Å². The third kappa shape index (κ3) is 1.91. The highest BCUT2D eigenvalue weighted by atomic mass is 28.3. The lowest BCUT2D eigenvalue weighted by molar-refractivity contribution is 0.897. The van der Waals surface area contributed by atoms with Crippen LogP contribution in [0, 0.1) is 0 Å². The van der Waals surface area contributed by atoms with Crippen LogP contribution >= 0.6 is 0 Å². The first-order valence-electron chi connectivity index (χ1n) is 6.82. The maximum atomic E-state index is 2.44. The van der Waals surface area contributed by atoms with Crippen LogP contribution in [0.3, 0.4) is 0 Å². The van der Waals surface area contributed by atoms with E-state index in [1.807, 2.05) is 0 Å². The summed E-state index contributed by atoms with van der Waals surface area (Å²) >= 11 is 0. The zero-order valence-electron chi connectivity index (χ0n) is 11.5. The smallest absolute Gasteiger partial charge is 0.0809 e. The Kier molecular flexibility index (Phi) is 3.57. The fraction of sp³-hybridized carbons (Fsp3) is 0.500. The van der Waals surface area contributed by atoms with Crippen molar-refractivity contribution < 1.29 is 0 Å². The van der Waals surface area contributed by atoms with E-state index in [0.717, 1.165) is 11.1 Å². The molecule has 92 valence electrons. The minimum absolute atomic E-state index is 0.791. The average molecular weight is 244 g/mol. The lowest BCUT2D eigenvalue weighted by atomic mass is 10.4. The standard InChI is InChI=1S/C16H24Si/c1-13(2)17(14(3)4,15-9-5-6-10-15)16-11-7-8-12-16/h5-9,11,13-14H,10,12H2,1-4H3. The van der Waals surface area contributed by atoms with Gasteiger partial charge in [0.1, 0.15) is 8.07 Å². The highest BCUT2D eigenvalue weighted by Crippen LogP contribution is 2.47. The fourth-order valence-electron chi connectivity index (χ4n) is 3.86. The van der Waals surface area contributed by atoms with Gasteiger partial charge in [-0.1, -0.05) is 74.5 Å². The molecule has 2 rings (SSSR count). The molecule has 0 aromatic heterocycles. The number of hydrogen-bond donors (Lipinski definition) is 0. The van der Waals surface area contributed by atoms with Crippen molar-refractivity contribution in [2.45, 2.75) is 51.6 Å². The number of allylic oxidation sites excluding steroid dienone is 8. The first-order valence-corrected chi connectivity index (χ1v) is 8.98. The third-order valence-electron chi connectivity index (χ3n) is 4.43. The van der Waals surface area contributed by atoms with Gasteiger partial charge in [0.25, 0.3) is 0 Å². The summed E-state index contributed by atoms with van der Waals surface area (Å²) in [6.45, 7) is 9.74. The molecule has 0 atom stereocenters. The van der Waals surface area contributed by atoms with Gasteiger partial charge >= 0.3 is 0 Å². The van der Waals surface area contributed by atoms with E-state index in [9.17, 15) is 0 Å². The van der Waals surface area contributed by atoms with Gasteiger partial charge in [0, 0.05) is 0 Å². The highest BCUT2D eigenvalue weighted by Gasteiger charge is 2.45. The number of rotatable bonds is 4. The molecule has 0 aromatic carbocycles. The van der Waals surface area contributed by atoms with Crippen molar-refractivity contribution in [1.82, 2.24) is 0 Å². The van der Waals surface area contributed by atoms with E-state index in [0.29, 0.717) is 0 Å². The SMILES string of the molecule is CC(C)[Si](C1=CC=CC1)(C1=CC=CC1)C(C)C. The molecule has 17 heavy (non-hydrogen) atoms. The second-order valence-corrected chi connectivity index (χ2v) is 11.2.